The van der Waals surface area contributed by atoms with Gasteiger partial charge < -0.3 is 19.8 Å². The summed E-state index contributed by atoms with van der Waals surface area (Å²) >= 11 is 0. The molecule has 1 heterocycles. The van der Waals surface area contributed by atoms with E-state index in [-0.39, 0.29) is 18.0 Å². The molecule has 21 heavy (non-hydrogen) atoms. The first-order valence-electron chi connectivity index (χ1n) is 6.94. The van der Waals surface area contributed by atoms with Crippen molar-refractivity contribution in [2.75, 3.05) is 12.4 Å². The van der Waals surface area contributed by atoms with Gasteiger partial charge in [-0.3, -0.25) is 4.79 Å². The highest BCUT2D eigenvalue weighted by Gasteiger charge is 2.22. The number of benzene rings is 1. The third-order valence-electron chi connectivity index (χ3n) is 3.35. The summed E-state index contributed by atoms with van der Waals surface area (Å²) in [7, 11) is 1.58. The lowest BCUT2D eigenvalue weighted by molar-refractivity contribution is -0.711. The van der Waals surface area contributed by atoms with Crippen LogP contribution in [-0.2, 0) is 4.79 Å². The molecule has 0 radical (unpaired) electrons. The van der Waals surface area contributed by atoms with Crippen LogP contribution < -0.4 is 15.4 Å². The van der Waals surface area contributed by atoms with Crippen LogP contribution in [0.5, 0.6) is 5.75 Å². The maximum absolute atomic E-state index is 12.3. The quantitative estimate of drug-likeness (QED) is 0.854. The number of hydrogen-bond acceptors (Lipinski definition) is 3. The van der Waals surface area contributed by atoms with Gasteiger partial charge >= 0.3 is 0 Å². The van der Waals surface area contributed by atoms with Crippen LogP contribution in [0.25, 0.3) is 0 Å². The zero-order valence-corrected chi connectivity index (χ0v) is 12.5. The number of carbonyl (C=O) groups is 1. The molecule has 2 atom stereocenters. The summed E-state index contributed by atoms with van der Waals surface area (Å²) in [6.07, 6.45) is 1.64. The molecule has 0 bridgehead atoms. The molecule has 2 aromatic rings. The van der Waals surface area contributed by atoms with E-state index in [2.05, 4.69) is 5.32 Å². The van der Waals surface area contributed by atoms with Crippen molar-refractivity contribution in [3.63, 3.8) is 0 Å². The van der Waals surface area contributed by atoms with E-state index in [1.807, 2.05) is 55.6 Å². The largest absolute Gasteiger partial charge is 0.495 e. The average Bonchev–Trinajstić information content (AvgIpc) is 3.02. The van der Waals surface area contributed by atoms with Gasteiger partial charge in [-0.1, -0.05) is 12.1 Å². The highest BCUT2D eigenvalue weighted by Crippen LogP contribution is 2.22. The summed E-state index contributed by atoms with van der Waals surface area (Å²) in [4.78, 5) is 12.3. The number of amides is 1. The Bertz CT molecular complexity index is 581. The predicted molar refractivity (Wildman–Crippen MR) is 80.1 cm³/mol. The van der Waals surface area contributed by atoms with Crippen molar-refractivity contribution in [1.29, 1.82) is 0 Å². The summed E-state index contributed by atoms with van der Waals surface area (Å²) in [6, 6.07) is 11.0. The Morgan fingerprint density at radius 1 is 1.24 bits per heavy atom. The topological polar surface area (TPSA) is 68.1 Å². The number of para-hydroxylation sites is 2. The number of hydrogen-bond donors (Lipinski definition) is 2. The predicted octanol–water partition coefficient (Wildman–Crippen LogP) is 1.94. The van der Waals surface area contributed by atoms with Crippen LogP contribution in [0.3, 0.4) is 0 Å². The molecular weight excluding hydrogens is 268 g/mol. The minimum atomic E-state index is -0.241. The molecule has 0 saturated carbocycles. The molecule has 1 aromatic carbocycles. The Balaban J connectivity index is 1.96. The third kappa shape index (κ3) is 3.86. The van der Waals surface area contributed by atoms with E-state index >= 15 is 0 Å². The van der Waals surface area contributed by atoms with Gasteiger partial charge in [-0.15, -0.1) is 0 Å². The smallest absolute Gasteiger partial charge is 0.282 e. The fourth-order valence-electron chi connectivity index (χ4n) is 2.16. The van der Waals surface area contributed by atoms with Gasteiger partial charge in [0.25, 0.3) is 5.91 Å². The second kappa shape index (κ2) is 6.95. The minimum absolute atomic E-state index is 0.0714. The van der Waals surface area contributed by atoms with Crippen LogP contribution in [0.15, 0.2) is 47.1 Å². The molecule has 5 heteroatoms. The van der Waals surface area contributed by atoms with Gasteiger partial charge in [0.2, 0.25) is 0 Å². The average molecular weight is 289 g/mol. The number of nitrogens with one attached hydrogen (secondary N) is 1. The number of furan rings is 1. The number of quaternary nitrogens is 1. The second-order valence-electron chi connectivity index (χ2n) is 4.97. The number of methoxy groups -OCH3 is 1. The highest BCUT2D eigenvalue weighted by molar-refractivity contribution is 5.94. The van der Waals surface area contributed by atoms with Crippen molar-refractivity contribution in [2.24, 2.45) is 0 Å². The molecule has 1 aromatic heterocycles. The Morgan fingerprint density at radius 3 is 2.67 bits per heavy atom. The summed E-state index contributed by atoms with van der Waals surface area (Å²) in [5.41, 5.74) is 0.677. The maximum Gasteiger partial charge on any atom is 0.282 e. The lowest BCUT2D eigenvalue weighted by Crippen LogP contribution is -2.91. The van der Waals surface area contributed by atoms with Crippen LogP contribution in [0.4, 0.5) is 5.69 Å². The summed E-state index contributed by atoms with van der Waals surface area (Å²) in [5, 5.41) is 4.85. The van der Waals surface area contributed by atoms with Gasteiger partial charge in [-0.25, -0.2) is 0 Å². The fourth-order valence-corrected chi connectivity index (χ4v) is 2.16. The normalized spacial score (nSPS) is 13.5. The van der Waals surface area contributed by atoms with Crippen LogP contribution in [-0.4, -0.2) is 19.1 Å². The SMILES string of the molecule is COc1ccccc1NC(=O)[C@@H](C)[NH2+][C@@H](C)c1ccco1. The molecule has 0 saturated heterocycles. The molecule has 0 aliphatic heterocycles. The minimum Gasteiger partial charge on any atom is -0.495 e. The molecule has 0 aliphatic rings. The first-order valence-corrected chi connectivity index (χ1v) is 6.94. The lowest BCUT2D eigenvalue weighted by Gasteiger charge is -2.16. The standard InChI is InChI=1S/C16H20N2O3/c1-11(14-9-6-10-21-14)17-12(2)16(19)18-13-7-4-5-8-15(13)20-3/h4-12,17H,1-3H3,(H,18,19)/p+1/t11-,12+/m0/s1. The van der Waals surface area contributed by atoms with Crippen molar-refractivity contribution in [2.45, 2.75) is 25.9 Å². The van der Waals surface area contributed by atoms with Crippen LogP contribution in [0, 0.1) is 0 Å². The van der Waals surface area contributed by atoms with E-state index in [4.69, 9.17) is 9.15 Å². The van der Waals surface area contributed by atoms with Gasteiger partial charge in [0.15, 0.2) is 11.8 Å². The second-order valence-corrected chi connectivity index (χ2v) is 4.97. The summed E-state index contributed by atoms with van der Waals surface area (Å²) in [6.45, 7) is 3.87. The fraction of sp³-hybridized carbons (Fsp3) is 0.312. The van der Waals surface area contributed by atoms with Crippen molar-refractivity contribution in [1.82, 2.24) is 0 Å². The van der Waals surface area contributed by atoms with Gasteiger partial charge in [0.1, 0.15) is 11.8 Å². The number of rotatable bonds is 6. The number of carbonyl (C=O) groups excluding carboxylic acids is 1. The molecule has 0 fully saturated rings. The Hall–Kier alpha value is -2.27. The molecule has 0 aliphatic carbocycles. The van der Waals surface area contributed by atoms with E-state index in [1.54, 1.807) is 13.4 Å². The molecule has 1 amide bonds. The van der Waals surface area contributed by atoms with Crippen LogP contribution in [0.1, 0.15) is 25.6 Å². The number of ether oxygens (including phenoxy) is 1. The van der Waals surface area contributed by atoms with E-state index in [0.29, 0.717) is 11.4 Å². The highest BCUT2D eigenvalue weighted by atomic mass is 16.5. The van der Waals surface area contributed by atoms with Crippen molar-refractivity contribution in [3.05, 3.63) is 48.4 Å². The van der Waals surface area contributed by atoms with Crippen LogP contribution in [0.2, 0.25) is 0 Å². The van der Waals surface area contributed by atoms with E-state index in [0.717, 1.165) is 5.76 Å². The summed E-state index contributed by atoms with van der Waals surface area (Å²) in [5.74, 6) is 1.43. The van der Waals surface area contributed by atoms with Gasteiger partial charge in [0.05, 0.1) is 19.1 Å². The Morgan fingerprint density at radius 2 is 2.00 bits per heavy atom. The molecular formula is C16H21N2O3+. The molecule has 0 unspecified atom stereocenters. The molecule has 112 valence electrons. The van der Waals surface area contributed by atoms with Crippen LogP contribution >= 0.6 is 0 Å². The number of nitrogens with two attached hydrogens (primary N) is 1. The third-order valence-corrected chi connectivity index (χ3v) is 3.35. The Labute approximate surface area is 124 Å². The van der Waals surface area contributed by atoms with E-state index < -0.39 is 0 Å². The van der Waals surface area contributed by atoms with E-state index in [1.165, 1.54) is 0 Å². The molecule has 3 N–H and O–H groups in total. The summed E-state index contributed by atoms with van der Waals surface area (Å²) < 4.78 is 10.6. The first-order chi connectivity index (χ1) is 10.1. The molecule has 0 spiro atoms. The molecule has 5 nitrogen and oxygen atoms in total. The monoisotopic (exact) mass is 289 g/mol. The zero-order valence-electron chi connectivity index (χ0n) is 12.5. The Kier molecular flexibility index (Phi) is 5.00. The van der Waals surface area contributed by atoms with Crippen molar-refractivity contribution < 1.29 is 19.3 Å². The van der Waals surface area contributed by atoms with Crippen molar-refractivity contribution in [3.8, 4) is 5.75 Å². The molecule has 2 rings (SSSR count). The lowest BCUT2D eigenvalue weighted by atomic mass is 10.2. The maximum atomic E-state index is 12.3. The van der Waals surface area contributed by atoms with Gasteiger partial charge in [-0.05, 0) is 38.1 Å². The number of anilines is 1. The van der Waals surface area contributed by atoms with Crippen molar-refractivity contribution >= 4 is 11.6 Å². The first kappa shape index (κ1) is 15.1. The van der Waals surface area contributed by atoms with E-state index in [9.17, 15) is 4.79 Å². The van der Waals surface area contributed by atoms with Gasteiger partial charge in [0, 0.05) is 0 Å². The zero-order chi connectivity index (χ0) is 15.2. The van der Waals surface area contributed by atoms with Gasteiger partial charge in [-0.2, -0.15) is 0 Å².